The van der Waals surface area contributed by atoms with Crippen molar-refractivity contribution >= 4 is 39.1 Å². The first-order chi connectivity index (χ1) is 14.8. The van der Waals surface area contributed by atoms with Gasteiger partial charge in [-0.2, -0.15) is 26.3 Å². The number of hydrogen-bond acceptors (Lipinski definition) is 2. The monoisotopic (exact) mass is 584 g/mol. The molecule has 33 heavy (non-hydrogen) atoms. The minimum atomic E-state index is -4.51. The van der Waals surface area contributed by atoms with E-state index < -0.39 is 23.6 Å². The van der Waals surface area contributed by atoms with Gasteiger partial charge >= 0.3 is 12.4 Å². The minimum Gasteiger partial charge on any atom is -0.381 e. The summed E-state index contributed by atoms with van der Waals surface area (Å²) in [6.45, 7) is 3.28. The van der Waals surface area contributed by atoms with Crippen LogP contribution in [-0.2, 0) is 16.7 Å². The lowest BCUT2D eigenvalue weighted by Gasteiger charge is -2.27. The fourth-order valence-corrected chi connectivity index (χ4v) is 2.37. The van der Waals surface area contributed by atoms with Gasteiger partial charge in [-0.1, -0.05) is 63.4 Å². The van der Waals surface area contributed by atoms with E-state index in [1.807, 2.05) is 24.3 Å². The predicted octanol–water partition coefficient (Wildman–Crippen LogP) is 8.75. The number of hydrogen-bond donors (Lipinski definition) is 1. The van der Waals surface area contributed by atoms with E-state index in [9.17, 15) is 26.3 Å². The van der Waals surface area contributed by atoms with Crippen molar-refractivity contribution in [3.8, 4) is 0 Å². The molecule has 2 nitrogen and oxygen atoms in total. The van der Waals surface area contributed by atoms with Gasteiger partial charge in [0.25, 0.3) is 0 Å². The van der Waals surface area contributed by atoms with Gasteiger partial charge < -0.3 is 9.84 Å². The van der Waals surface area contributed by atoms with Crippen molar-refractivity contribution in [2.75, 3.05) is 0 Å². The molecule has 0 aliphatic carbocycles. The van der Waals surface area contributed by atoms with Crippen molar-refractivity contribution in [2.45, 2.75) is 63.2 Å². The highest BCUT2D eigenvalue weighted by atomic mass is 79.9. The number of halogens is 9. The summed E-state index contributed by atoms with van der Waals surface area (Å²) in [6.07, 6.45) is -8.89. The summed E-state index contributed by atoms with van der Waals surface area (Å²) in [5.74, 6) is 0. The third-order valence-corrected chi connectivity index (χ3v) is 5.03. The highest BCUT2D eigenvalue weighted by Gasteiger charge is 2.48. The molecule has 2 rings (SSSR count). The van der Waals surface area contributed by atoms with E-state index in [1.54, 1.807) is 24.3 Å². The van der Waals surface area contributed by atoms with Crippen molar-refractivity contribution in [2.24, 2.45) is 0 Å². The second kappa shape index (κ2) is 13.2. The zero-order valence-corrected chi connectivity index (χ0v) is 21.4. The Morgan fingerprint density at radius 2 is 1.18 bits per heavy atom. The summed E-state index contributed by atoms with van der Waals surface area (Å²) in [5.41, 5.74) is -2.89. The number of aliphatic hydroxyl groups is 1. The van der Waals surface area contributed by atoms with Crippen molar-refractivity contribution in [1.29, 1.82) is 0 Å². The first kappa shape index (κ1) is 32.0. The molecule has 0 fully saturated rings. The van der Waals surface area contributed by atoms with E-state index in [0.29, 0.717) is 24.4 Å². The van der Waals surface area contributed by atoms with Crippen molar-refractivity contribution in [3.63, 3.8) is 0 Å². The van der Waals surface area contributed by atoms with Gasteiger partial charge in [0, 0.05) is 15.4 Å². The lowest BCUT2D eigenvalue weighted by Crippen LogP contribution is -2.41. The fourth-order valence-electron chi connectivity index (χ4n) is 1.59. The molecule has 0 atom stereocenters. The Hall–Kier alpha value is -1.00. The molecule has 0 aromatic heterocycles. The first-order valence-corrected chi connectivity index (χ1v) is 11.2. The highest BCUT2D eigenvalue weighted by molar-refractivity contribution is 9.08. The van der Waals surface area contributed by atoms with Crippen LogP contribution in [0.2, 0.25) is 10.0 Å². The molecule has 0 amide bonds. The summed E-state index contributed by atoms with van der Waals surface area (Å²) >= 11 is 14.7. The van der Waals surface area contributed by atoms with E-state index >= 15 is 0 Å². The van der Waals surface area contributed by atoms with Crippen LogP contribution in [-0.4, -0.2) is 28.7 Å². The van der Waals surface area contributed by atoms with Crippen LogP contribution in [0.5, 0.6) is 0 Å². The van der Waals surface area contributed by atoms with Gasteiger partial charge in [-0.3, -0.25) is 0 Å². The number of rotatable bonds is 4. The minimum absolute atomic E-state index is 0.118. The van der Waals surface area contributed by atoms with Crippen LogP contribution < -0.4 is 0 Å². The number of alkyl halides is 7. The maximum Gasteiger partial charge on any atom is 0.416 e. The molecule has 0 spiro atoms. The highest BCUT2D eigenvalue weighted by Crippen LogP contribution is 2.33. The van der Waals surface area contributed by atoms with E-state index in [1.165, 1.54) is 5.56 Å². The molecule has 0 saturated heterocycles. The van der Waals surface area contributed by atoms with Crippen LogP contribution >= 0.6 is 39.1 Å². The van der Waals surface area contributed by atoms with Gasteiger partial charge in [0.2, 0.25) is 0 Å². The molecule has 0 aliphatic heterocycles. The van der Waals surface area contributed by atoms with Crippen LogP contribution in [0.15, 0.2) is 48.5 Å². The standard InChI is InChI=1S/C11H12ClF3O.C7H6BrCl.C4H7F3O/c1-10(2,11(13,14)15)16-7-8-4-3-5-9(12)6-8;8-5-6-2-1-3-7(9)4-6;1-3(2,8)4(5,6)7/h3-6H,7H2,1-2H3;1-4H,5H2;8H,1-2H3. The number of ether oxygens (including phenoxy) is 1. The van der Waals surface area contributed by atoms with Crippen LogP contribution in [0, 0.1) is 0 Å². The van der Waals surface area contributed by atoms with E-state index in [2.05, 4.69) is 15.9 Å². The van der Waals surface area contributed by atoms with Crippen LogP contribution in [0.3, 0.4) is 0 Å². The molecule has 0 bridgehead atoms. The molecule has 0 aliphatic rings. The molecule has 1 N–H and O–H groups in total. The molecule has 0 heterocycles. The summed E-state index contributed by atoms with van der Waals surface area (Å²) in [6, 6.07) is 14.3. The van der Waals surface area contributed by atoms with Crippen molar-refractivity contribution < 1.29 is 36.2 Å². The van der Waals surface area contributed by atoms with E-state index in [-0.39, 0.29) is 6.61 Å². The van der Waals surface area contributed by atoms with Crippen LogP contribution in [0.1, 0.15) is 38.8 Å². The first-order valence-electron chi connectivity index (χ1n) is 9.35. The average molecular weight is 586 g/mol. The van der Waals surface area contributed by atoms with Crippen molar-refractivity contribution in [1.82, 2.24) is 0 Å². The summed E-state index contributed by atoms with van der Waals surface area (Å²) < 4.78 is 76.2. The van der Waals surface area contributed by atoms with Gasteiger partial charge in [-0.25, -0.2) is 0 Å². The third-order valence-electron chi connectivity index (χ3n) is 3.91. The number of benzene rings is 2. The average Bonchev–Trinajstić information content (AvgIpc) is 2.65. The van der Waals surface area contributed by atoms with Crippen LogP contribution in [0.25, 0.3) is 0 Å². The molecular formula is C22H25BrCl2F6O2. The Balaban J connectivity index is 0.000000511. The maximum atomic E-state index is 12.5. The Bertz CT molecular complexity index is 838. The second-order valence-corrected chi connectivity index (χ2v) is 9.18. The lowest BCUT2D eigenvalue weighted by molar-refractivity contribution is -0.267. The van der Waals surface area contributed by atoms with Gasteiger partial charge in [0.15, 0.2) is 11.2 Å². The Kier molecular flexibility index (Phi) is 12.8. The molecule has 0 unspecified atom stereocenters. The smallest absolute Gasteiger partial charge is 0.381 e. The van der Waals surface area contributed by atoms with Crippen molar-refractivity contribution in [3.05, 3.63) is 69.7 Å². The Morgan fingerprint density at radius 3 is 1.48 bits per heavy atom. The Labute approximate surface area is 208 Å². The zero-order chi connectivity index (χ0) is 26.1. The van der Waals surface area contributed by atoms with E-state index in [0.717, 1.165) is 24.2 Å². The maximum absolute atomic E-state index is 12.5. The van der Waals surface area contributed by atoms with Crippen LogP contribution in [0.4, 0.5) is 26.3 Å². The van der Waals surface area contributed by atoms with E-state index in [4.69, 9.17) is 33.0 Å². The molecule has 0 radical (unpaired) electrons. The summed E-state index contributed by atoms with van der Waals surface area (Å²) in [7, 11) is 0. The molecule has 2 aromatic carbocycles. The van der Waals surface area contributed by atoms with Gasteiger partial charge in [0.1, 0.15) is 0 Å². The second-order valence-electron chi connectivity index (χ2n) is 7.75. The van der Waals surface area contributed by atoms with Gasteiger partial charge in [-0.05, 0) is 63.1 Å². The van der Waals surface area contributed by atoms with Gasteiger partial charge in [0.05, 0.1) is 6.61 Å². The SMILES string of the molecule is CC(C)(O)C(F)(F)F.CC(C)(OCc1cccc(Cl)c1)C(F)(F)F.Clc1cccc(CBr)c1. The Morgan fingerprint density at radius 1 is 0.788 bits per heavy atom. The van der Waals surface area contributed by atoms with Gasteiger partial charge in [-0.15, -0.1) is 0 Å². The topological polar surface area (TPSA) is 29.5 Å². The fraction of sp³-hybridized carbons (Fsp3) is 0.455. The molecule has 0 saturated carbocycles. The summed E-state index contributed by atoms with van der Waals surface area (Å²) in [5, 5.41) is 10.4. The summed E-state index contributed by atoms with van der Waals surface area (Å²) in [4.78, 5) is 0. The lowest BCUT2D eigenvalue weighted by atomic mass is 10.1. The molecule has 188 valence electrons. The molecule has 2 aromatic rings. The predicted molar refractivity (Wildman–Crippen MR) is 123 cm³/mol. The normalized spacial score (nSPS) is 12.3. The molecule has 11 heteroatoms. The molecular weight excluding hydrogens is 561 g/mol. The largest absolute Gasteiger partial charge is 0.416 e. The third kappa shape index (κ3) is 12.9. The zero-order valence-electron chi connectivity index (χ0n) is 18.3. The quantitative estimate of drug-likeness (QED) is 0.287.